The van der Waals surface area contributed by atoms with Gasteiger partial charge in [0.2, 0.25) is 5.91 Å². The number of benzene rings is 2. The zero-order valence-electron chi connectivity index (χ0n) is 16.3. The van der Waals surface area contributed by atoms with E-state index in [1.54, 1.807) is 36.2 Å². The van der Waals surface area contributed by atoms with Crippen molar-refractivity contribution in [2.75, 3.05) is 25.1 Å². The number of carboxylic acid groups (broad SMARTS) is 1. The minimum absolute atomic E-state index is 0.00993. The standard InChI is InChI=1S/C22H24N2O5/c1-23(17-10-12-18(13-11-17)29-15-20(26)27)22(28)21(16-7-3-2-4-8-16)24-14-6-5-9-19(24)25/h2-4,7-8,10-13,21H,5-6,9,14-15H2,1H3,(H,26,27). The number of carboxylic acids is 1. The first kappa shape index (κ1) is 20.4. The van der Waals surface area contributed by atoms with Gasteiger partial charge in [0.05, 0.1) is 0 Å². The molecule has 0 saturated carbocycles. The zero-order chi connectivity index (χ0) is 20.8. The Morgan fingerprint density at radius 2 is 1.79 bits per heavy atom. The van der Waals surface area contributed by atoms with E-state index in [-0.39, 0.29) is 11.8 Å². The lowest BCUT2D eigenvalue weighted by atomic mass is 10.00. The van der Waals surface area contributed by atoms with Crippen LogP contribution in [-0.4, -0.2) is 48.0 Å². The molecule has 7 heteroatoms. The molecule has 1 saturated heterocycles. The Hall–Kier alpha value is -3.35. The number of hydrogen-bond donors (Lipinski definition) is 1. The first-order valence-electron chi connectivity index (χ1n) is 9.54. The molecular weight excluding hydrogens is 372 g/mol. The molecule has 1 atom stereocenters. The summed E-state index contributed by atoms with van der Waals surface area (Å²) in [5.41, 5.74) is 1.41. The second-order valence-corrected chi connectivity index (χ2v) is 6.93. The van der Waals surface area contributed by atoms with Crippen molar-refractivity contribution in [3.8, 4) is 5.75 Å². The van der Waals surface area contributed by atoms with Crippen LogP contribution in [0.5, 0.6) is 5.75 Å². The number of hydrogen-bond acceptors (Lipinski definition) is 4. The van der Waals surface area contributed by atoms with Gasteiger partial charge in [-0.25, -0.2) is 4.79 Å². The first-order valence-corrected chi connectivity index (χ1v) is 9.54. The number of carbonyl (C=O) groups excluding carboxylic acids is 2. The summed E-state index contributed by atoms with van der Waals surface area (Å²) in [7, 11) is 1.67. The van der Waals surface area contributed by atoms with Gasteiger partial charge in [-0.05, 0) is 42.7 Å². The highest BCUT2D eigenvalue weighted by Crippen LogP contribution is 2.29. The molecule has 1 N–H and O–H groups in total. The third kappa shape index (κ3) is 4.93. The second-order valence-electron chi connectivity index (χ2n) is 6.93. The third-order valence-corrected chi connectivity index (χ3v) is 4.94. The number of aliphatic carboxylic acids is 1. The third-order valence-electron chi connectivity index (χ3n) is 4.94. The molecule has 7 nitrogen and oxygen atoms in total. The predicted octanol–water partition coefficient (Wildman–Crippen LogP) is 2.87. The molecule has 0 aliphatic carbocycles. The van der Waals surface area contributed by atoms with Crippen molar-refractivity contribution < 1.29 is 24.2 Å². The van der Waals surface area contributed by atoms with Crippen molar-refractivity contribution in [1.82, 2.24) is 4.90 Å². The summed E-state index contributed by atoms with van der Waals surface area (Å²) in [5, 5.41) is 8.69. The van der Waals surface area contributed by atoms with Gasteiger partial charge in [0.1, 0.15) is 11.8 Å². The average molecular weight is 396 g/mol. The minimum Gasteiger partial charge on any atom is -0.482 e. The quantitative estimate of drug-likeness (QED) is 0.778. The number of likely N-dealkylation sites (N-methyl/N-ethyl adjacent to an activating group) is 1. The van der Waals surface area contributed by atoms with Gasteiger partial charge in [0.15, 0.2) is 6.61 Å². The highest BCUT2D eigenvalue weighted by Gasteiger charge is 2.34. The fraction of sp³-hybridized carbons (Fsp3) is 0.318. The first-order chi connectivity index (χ1) is 14.0. The Morgan fingerprint density at radius 1 is 1.10 bits per heavy atom. The van der Waals surface area contributed by atoms with E-state index in [0.29, 0.717) is 24.4 Å². The number of likely N-dealkylation sites (tertiary alicyclic amines) is 1. The largest absolute Gasteiger partial charge is 0.482 e. The SMILES string of the molecule is CN(C(=O)C(c1ccccc1)N1CCCCC1=O)c1ccc(OCC(=O)O)cc1. The van der Waals surface area contributed by atoms with Crippen LogP contribution in [0.1, 0.15) is 30.9 Å². The van der Waals surface area contributed by atoms with Crippen molar-refractivity contribution in [3.63, 3.8) is 0 Å². The fourth-order valence-corrected chi connectivity index (χ4v) is 3.41. The van der Waals surface area contributed by atoms with Crippen LogP contribution in [0.15, 0.2) is 54.6 Å². The topological polar surface area (TPSA) is 87.2 Å². The number of nitrogens with zero attached hydrogens (tertiary/aromatic N) is 2. The molecule has 3 rings (SSSR count). The normalized spacial score (nSPS) is 14.9. The monoisotopic (exact) mass is 396 g/mol. The number of carbonyl (C=O) groups is 3. The lowest BCUT2D eigenvalue weighted by Gasteiger charge is -2.36. The highest BCUT2D eigenvalue weighted by molar-refractivity contribution is 5.99. The number of anilines is 1. The van der Waals surface area contributed by atoms with Gasteiger partial charge >= 0.3 is 5.97 Å². The maximum atomic E-state index is 13.4. The van der Waals surface area contributed by atoms with Crippen LogP contribution < -0.4 is 9.64 Å². The van der Waals surface area contributed by atoms with E-state index in [1.807, 2.05) is 30.3 Å². The second kappa shape index (κ2) is 9.23. The maximum Gasteiger partial charge on any atom is 0.341 e. The van der Waals surface area contributed by atoms with Gasteiger partial charge in [-0.3, -0.25) is 9.59 Å². The van der Waals surface area contributed by atoms with Gasteiger partial charge in [-0.1, -0.05) is 30.3 Å². The van der Waals surface area contributed by atoms with Crippen LogP contribution in [-0.2, 0) is 14.4 Å². The van der Waals surface area contributed by atoms with Gasteiger partial charge in [0, 0.05) is 25.7 Å². The molecule has 0 spiro atoms. The Kier molecular flexibility index (Phi) is 6.49. The molecule has 2 amide bonds. The Labute approximate surface area is 169 Å². The van der Waals surface area contributed by atoms with E-state index in [0.717, 1.165) is 18.4 Å². The smallest absolute Gasteiger partial charge is 0.341 e. The summed E-state index contributed by atoms with van der Waals surface area (Å²) in [6.45, 7) is 0.126. The summed E-state index contributed by atoms with van der Waals surface area (Å²) in [6.07, 6.45) is 2.18. The predicted molar refractivity (Wildman–Crippen MR) is 108 cm³/mol. The molecular formula is C22H24N2O5. The van der Waals surface area contributed by atoms with E-state index >= 15 is 0 Å². The molecule has 1 unspecified atom stereocenters. The van der Waals surface area contributed by atoms with Crippen LogP contribution in [0.4, 0.5) is 5.69 Å². The molecule has 0 radical (unpaired) electrons. The summed E-state index contributed by atoms with van der Waals surface area (Å²) < 4.78 is 5.13. The van der Waals surface area contributed by atoms with Gasteiger partial charge < -0.3 is 19.6 Å². The van der Waals surface area contributed by atoms with Gasteiger partial charge in [-0.15, -0.1) is 0 Å². The summed E-state index contributed by atoms with van der Waals surface area (Å²) in [5.74, 6) is -0.865. The van der Waals surface area contributed by atoms with E-state index in [1.165, 1.54) is 4.90 Å². The summed E-state index contributed by atoms with van der Waals surface area (Å²) >= 11 is 0. The average Bonchev–Trinajstić information content (AvgIpc) is 2.74. The van der Waals surface area contributed by atoms with Crippen LogP contribution in [0.2, 0.25) is 0 Å². The lowest BCUT2D eigenvalue weighted by molar-refractivity contribution is -0.141. The highest BCUT2D eigenvalue weighted by atomic mass is 16.5. The zero-order valence-corrected chi connectivity index (χ0v) is 16.3. The lowest BCUT2D eigenvalue weighted by Crippen LogP contribution is -2.46. The molecule has 1 aliphatic heterocycles. The van der Waals surface area contributed by atoms with Crippen molar-refractivity contribution in [2.24, 2.45) is 0 Å². The fourth-order valence-electron chi connectivity index (χ4n) is 3.41. The Balaban J connectivity index is 1.83. The van der Waals surface area contributed by atoms with Crippen molar-refractivity contribution in [2.45, 2.75) is 25.3 Å². The van der Waals surface area contributed by atoms with E-state index in [4.69, 9.17) is 9.84 Å². The number of rotatable bonds is 7. The van der Waals surface area contributed by atoms with Crippen molar-refractivity contribution in [1.29, 1.82) is 0 Å². The molecule has 29 heavy (non-hydrogen) atoms. The van der Waals surface area contributed by atoms with E-state index < -0.39 is 18.6 Å². The van der Waals surface area contributed by atoms with Crippen molar-refractivity contribution in [3.05, 3.63) is 60.2 Å². The maximum absolute atomic E-state index is 13.4. The summed E-state index contributed by atoms with van der Waals surface area (Å²) in [6, 6.07) is 15.3. The molecule has 1 aliphatic rings. The van der Waals surface area contributed by atoms with Gasteiger partial charge in [0.25, 0.3) is 5.91 Å². The number of ether oxygens (including phenoxy) is 1. The molecule has 2 aromatic rings. The molecule has 1 fully saturated rings. The number of amides is 2. The van der Waals surface area contributed by atoms with Gasteiger partial charge in [-0.2, -0.15) is 0 Å². The number of piperidine rings is 1. The molecule has 0 aromatic heterocycles. The van der Waals surface area contributed by atoms with Crippen LogP contribution >= 0.6 is 0 Å². The Morgan fingerprint density at radius 3 is 2.41 bits per heavy atom. The Bertz CT molecular complexity index is 867. The minimum atomic E-state index is -1.06. The van der Waals surface area contributed by atoms with E-state index in [2.05, 4.69) is 0 Å². The molecule has 152 valence electrons. The van der Waals surface area contributed by atoms with Crippen LogP contribution in [0, 0.1) is 0 Å². The van der Waals surface area contributed by atoms with Crippen LogP contribution in [0.25, 0.3) is 0 Å². The van der Waals surface area contributed by atoms with Crippen molar-refractivity contribution >= 4 is 23.5 Å². The molecule has 1 heterocycles. The summed E-state index contributed by atoms with van der Waals surface area (Å²) in [4.78, 5) is 39.7. The molecule has 2 aromatic carbocycles. The van der Waals surface area contributed by atoms with Crippen LogP contribution in [0.3, 0.4) is 0 Å². The van der Waals surface area contributed by atoms with E-state index in [9.17, 15) is 14.4 Å². The molecule has 0 bridgehead atoms.